The van der Waals surface area contributed by atoms with Crippen molar-refractivity contribution < 1.29 is 9.84 Å². The molecule has 1 fully saturated rings. The van der Waals surface area contributed by atoms with Crippen molar-refractivity contribution in [3.8, 4) is 0 Å². The molecule has 1 aliphatic rings. The van der Waals surface area contributed by atoms with Gasteiger partial charge in [-0.3, -0.25) is 0 Å². The summed E-state index contributed by atoms with van der Waals surface area (Å²) in [6.07, 6.45) is 2.95. The third kappa shape index (κ3) is 3.31. The molecular formula is C15H23NO2. The second kappa shape index (κ2) is 6.32. The molecule has 0 saturated carbocycles. The van der Waals surface area contributed by atoms with Crippen LogP contribution in [0.5, 0.6) is 0 Å². The van der Waals surface area contributed by atoms with Gasteiger partial charge in [-0.2, -0.15) is 0 Å². The Bertz CT molecular complexity index is 339. The summed E-state index contributed by atoms with van der Waals surface area (Å²) in [7, 11) is 1.70. The molecule has 0 unspecified atom stereocenters. The molecule has 1 N–H and O–H groups in total. The van der Waals surface area contributed by atoms with Gasteiger partial charge in [-0.25, -0.2) is 0 Å². The first-order valence-corrected chi connectivity index (χ1v) is 6.70. The lowest BCUT2D eigenvalue weighted by molar-refractivity contribution is -0.0887. The van der Waals surface area contributed by atoms with Crippen LogP contribution in [0.1, 0.15) is 18.4 Å². The number of nitrogens with zero attached hydrogens (tertiary/aromatic N) is 1. The number of likely N-dealkylation sites (tertiary alicyclic amines) is 1. The first kappa shape index (κ1) is 13.5. The lowest BCUT2D eigenvalue weighted by atomic mass is 9.92. The van der Waals surface area contributed by atoms with E-state index in [4.69, 9.17) is 4.74 Å². The lowest BCUT2D eigenvalue weighted by Crippen LogP contribution is -2.48. The van der Waals surface area contributed by atoms with Crippen molar-refractivity contribution in [2.24, 2.45) is 0 Å². The third-order valence-corrected chi connectivity index (χ3v) is 4.05. The molecule has 1 aliphatic heterocycles. The van der Waals surface area contributed by atoms with Crippen LogP contribution in [0.4, 0.5) is 0 Å². The minimum absolute atomic E-state index is 0.135. The van der Waals surface area contributed by atoms with E-state index >= 15 is 0 Å². The van der Waals surface area contributed by atoms with Crippen molar-refractivity contribution >= 4 is 0 Å². The van der Waals surface area contributed by atoms with Crippen molar-refractivity contribution in [1.82, 2.24) is 4.90 Å². The van der Waals surface area contributed by atoms with Crippen LogP contribution < -0.4 is 0 Å². The Kier molecular flexibility index (Phi) is 4.75. The van der Waals surface area contributed by atoms with Gasteiger partial charge in [-0.1, -0.05) is 30.3 Å². The van der Waals surface area contributed by atoms with Gasteiger partial charge in [0.1, 0.15) is 0 Å². The molecule has 0 spiro atoms. The van der Waals surface area contributed by atoms with E-state index < -0.39 is 0 Å². The van der Waals surface area contributed by atoms with E-state index in [1.165, 1.54) is 5.56 Å². The molecule has 3 nitrogen and oxygen atoms in total. The zero-order chi connectivity index (χ0) is 12.8. The number of hydrogen-bond donors (Lipinski definition) is 1. The van der Waals surface area contributed by atoms with Crippen molar-refractivity contribution in [3.05, 3.63) is 35.9 Å². The molecule has 0 aliphatic carbocycles. The van der Waals surface area contributed by atoms with Crippen LogP contribution >= 0.6 is 0 Å². The number of methoxy groups -OCH3 is 1. The van der Waals surface area contributed by atoms with Gasteiger partial charge in [0.25, 0.3) is 0 Å². The van der Waals surface area contributed by atoms with Gasteiger partial charge in [0.15, 0.2) is 0 Å². The van der Waals surface area contributed by atoms with E-state index in [0.29, 0.717) is 0 Å². The molecule has 1 heterocycles. The molecule has 1 saturated heterocycles. The average Bonchev–Trinajstić information content (AvgIpc) is 2.47. The van der Waals surface area contributed by atoms with Crippen LogP contribution in [-0.4, -0.2) is 49.0 Å². The normalized spacial score (nSPS) is 19.9. The molecule has 0 atom stereocenters. The number of piperidine rings is 1. The van der Waals surface area contributed by atoms with E-state index in [9.17, 15) is 5.11 Å². The van der Waals surface area contributed by atoms with Crippen molar-refractivity contribution in [3.63, 3.8) is 0 Å². The maximum absolute atomic E-state index is 9.39. The Morgan fingerprint density at radius 1 is 1.22 bits per heavy atom. The van der Waals surface area contributed by atoms with E-state index in [-0.39, 0.29) is 12.2 Å². The fourth-order valence-corrected chi connectivity index (χ4v) is 2.54. The van der Waals surface area contributed by atoms with Gasteiger partial charge >= 0.3 is 0 Å². The quantitative estimate of drug-likeness (QED) is 0.862. The SMILES string of the molecule is COC1(CO)CCN(CCc2ccccc2)CC1. The van der Waals surface area contributed by atoms with Crippen LogP contribution in [0.3, 0.4) is 0 Å². The monoisotopic (exact) mass is 249 g/mol. The van der Waals surface area contributed by atoms with E-state index in [2.05, 4.69) is 35.2 Å². The van der Waals surface area contributed by atoms with Gasteiger partial charge in [0.2, 0.25) is 0 Å². The summed E-state index contributed by atoms with van der Waals surface area (Å²) in [6, 6.07) is 10.6. The summed E-state index contributed by atoms with van der Waals surface area (Å²) in [6.45, 7) is 3.26. The predicted octanol–water partition coefficient (Wildman–Crippen LogP) is 1.70. The fraction of sp³-hybridized carbons (Fsp3) is 0.600. The number of ether oxygens (including phenoxy) is 1. The number of benzene rings is 1. The van der Waals surface area contributed by atoms with Gasteiger partial charge in [0, 0.05) is 26.7 Å². The van der Waals surface area contributed by atoms with Gasteiger partial charge in [-0.05, 0) is 24.8 Å². The molecule has 2 rings (SSSR count). The summed E-state index contributed by atoms with van der Waals surface area (Å²) in [4.78, 5) is 2.46. The number of hydrogen-bond acceptors (Lipinski definition) is 3. The second-order valence-electron chi connectivity index (χ2n) is 5.12. The highest BCUT2D eigenvalue weighted by atomic mass is 16.5. The minimum atomic E-state index is -0.288. The Labute approximate surface area is 109 Å². The van der Waals surface area contributed by atoms with Gasteiger partial charge < -0.3 is 14.7 Å². The fourth-order valence-electron chi connectivity index (χ4n) is 2.54. The number of aliphatic hydroxyl groups is 1. The van der Waals surface area contributed by atoms with Crippen molar-refractivity contribution in [1.29, 1.82) is 0 Å². The Morgan fingerprint density at radius 3 is 2.44 bits per heavy atom. The second-order valence-corrected chi connectivity index (χ2v) is 5.12. The maximum Gasteiger partial charge on any atom is 0.0932 e. The Morgan fingerprint density at radius 2 is 1.89 bits per heavy atom. The molecular weight excluding hydrogens is 226 g/mol. The summed E-state index contributed by atoms with van der Waals surface area (Å²) in [5.74, 6) is 0. The topological polar surface area (TPSA) is 32.7 Å². The highest BCUT2D eigenvalue weighted by Crippen LogP contribution is 2.25. The predicted molar refractivity (Wildman–Crippen MR) is 72.6 cm³/mol. The average molecular weight is 249 g/mol. The lowest BCUT2D eigenvalue weighted by Gasteiger charge is -2.39. The number of rotatable bonds is 5. The minimum Gasteiger partial charge on any atom is -0.393 e. The van der Waals surface area contributed by atoms with Crippen LogP contribution in [0.15, 0.2) is 30.3 Å². The first-order chi connectivity index (χ1) is 8.78. The summed E-state index contributed by atoms with van der Waals surface area (Å²) < 4.78 is 5.46. The van der Waals surface area contributed by atoms with Crippen molar-refractivity contribution in [2.45, 2.75) is 24.9 Å². The molecule has 0 radical (unpaired) electrons. The highest BCUT2D eigenvalue weighted by Gasteiger charge is 2.33. The first-order valence-electron chi connectivity index (χ1n) is 6.70. The third-order valence-electron chi connectivity index (χ3n) is 4.05. The smallest absolute Gasteiger partial charge is 0.0932 e. The van der Waals surface area contributed by atoms with Gasteiger partial charge in [-0.15, -0.1) is 0 Å². The molecule has 0 aromatic heterocycles. The van der Waals surface area contributed by atoms with E-state index in [1.54, 1.807) is 7.11 Å². The molecule has 0 bridgehead atoms. The molecule has 3 heteroatoms. The Balaban J connectivity index is 1.77. The van der Waals surface area contributed by atoms with E-state index in [0.717, 1.165) is 38.9 Å². The standard InChI is InChI=1S/C15H23NO2/c1-18-15(13-17)8-11-16(12-9-15)10-7-14-5-3-2-4-6-14/h2-6,17H,7-13H2,1H3. The summed E-state index contributed by atoms with van der Waals surface area (Å²) in [5.41, 5.74) is 1.10. The zero-order valence-corrected chi connectivity index (χ0v) is 11.1. The zero-order valence-electron chi connectivity index (χ0n) is 11.1. The summed E-state index contributed by atoms with van der Waals surface area (Å²) in [5, 5.41) is 9.39. The molecule has 0 amide bonds. The maximum atomic E-state index is 9.39. The number of aliphatic hydroxyl groups excluding tert-OH is 1. The van der Waals surface area contributed by atoms with Gasteiger partial charge in [0.05, 0.1) is 12.2 Å². The van der Waals surface area contributed by atoms with Crippen LogP contribution in [0.2, 0.25) is 0 Å². The molecule has 1 aromatic carbocycles. The van der Waals surface area contributed by atoms with Crippen LogP contribution in [-0.2, 0) is 11.2 Å². The molecule has 1 aromatic rings. The van der Waals surface area contributed by atoms with E-state index in [1.807, 2.05) is 0 Å². The van der Waals surface area contributed by atoms with Crippen molar-refractivity contribution in [2.75, 3.05) is 33.4 Å². The Hall–Kier alpha value is -0.900. The largest absolute Gasteiger partial charge is 0.393 e. The van der Waals surface area contributed by atoms with Crippen LogP contribution in [0.25, 0.3) is 0 Å². The summed E-state index contributed by atoms with van der Waals surface area (Å²) >= 11 is 0. The van der Waals surface area contributed by atoms with Crippen LogP contribution in [0, 0.1) is 0 Å². The highest BCUT2D eigenvalue weighted by molar-refractivity contribution is 5.14. The molecule has 18 heavy (non-hydrogen) atoms. The molecule has 100 valence electrons.